The third kappa shape index (κ3) is 3.36. The average molecular weight is 271 g/mol. The van der Waals surface area contributed by atoms with E-state index in [1.807, 2.05) is 18.2 Å². The highest BCUT2D eigenvalue weighted by molar-refractivity contribution is 5.38. The van der Waals surface area contributed by atoms with E-state index in [2.05, 4.69) is 31.8 Å². The number of benzene rings is 1. The van der Waals surface area contributed by atoms with Crippen LogP contribution in [0.5, 0.6) is 11.5 Å². The number of hydrogen-bond donors (Lipinski definition) is 1. The molecule has 3 heteroatoms. The molecule has 1 aromatic heterocycles. The van der Waals surface area contributed by atoms with Gasteiger partial charge < -0.3 is 9.84 Å². The van der Waals surface area contributed by atoms with Crippen LogP contribution in [0, 0.1) is 6.92 Å². The van der Waals surface area contributed by atoms with Crippen molar-refractivity contribution in [2.75, 3.05) is 0 Å². The van der Waals surface area contributed by atoms with Gasteiger partial charge in [0.1, 0.15) is 11.5 Å². The monoisotopic (exact) mass is 271 g/mol. The van der Waals surface area contributed by atoms with E-state index < -0.39 is 6.10 Å². The maximum Gasteiger partial charge on any atom is 0.145 e. The molecule has 20 heavy (non-hydrogen) atoms. The minimum atomic E-state index is -0.559. The molecule has 0 saturated carbocycles. The second-order valence-electron chi connectivity index (χ2n) is 5.37. The summed E-state index contributed by atoms with van der Waals surface area (Å²) in [6, 6.07) is 9.71. The number of aliphatic hydroxyl groups excluding tert-OH is 1. The van der Waals surface area contributed by atoms with E-state index in [1.54, 1.807) is 19.2 Å². The molecule has 0 aliphatic carbocycles. The van der Waals surface area contributed by atoms with Crippen molar-refractivity contribution in [3.05, 3.63) is 53.3 Å². The van der Waals surface area contributed by atoms with Gasteiger partial charge in [-0.2, -0.15) is 0 Å². The molecule has 1 heterocycles. The van der Waals surface area contributed by atoms with Crippen molar-refractivity contribution in [3.63, 3.8) is 0 Å². The van der Waals surface area contributed by atoms with Gasteiger partial charge in [0.15, 0.2) is 0 Å². The fourth-order valence-corrected chi connectivity index (χ4v) is 2.19. The predicted molar refractivity (Wildman–Crippen MR) is 80.2 cm³/mol. The molecule has 0 aliphatic rings. The van der Waals surface area contributed by atoms with Gasteiger partial charge in [0.05, 0.1) is 18.0 Å². The third-order valence-corrected chi connectivity index (χ3v) is 3.29. The van der Waals surface area contributed by atoms with E-state index in [-0.39, 0.29) is 0 Å². The number of ether oxygens (including phenoxy) is 1. The van der Waals surface area contributed by atoms with Gasteiger partial charge in [-0.1, -0.05) is 19.9 Å². The van der Waals surface area contributed by atoms with E-state index in [1.165, 1.54) is 11.1 Å². The smallest absolute Gasteiger partial charge is 0.145 e. The SMILES string of the molecule is Cc1cc(Oc2ccc(C(C)O)nc2)ccc1C(C)C. The summed E-state index contributed by atoms with van der Waals surface area (Å²) in [6.07, 6.45) is 1.07. The fraction of sp³-hybridized carbons (Fsp3) is 0.353. The van der Waals surface area contributed by atoms with Gasteiger partial charge in [0, 0.05) is 0 Å². The highest BCUT2D eigenvalue weighted by atomic mass is 16.5. The normalized spacial score (nSPS) is 12.5. The van der Waals surface area contributed by atoms with Crippen LogP contribution in [0.15, 0.2) is 36.5 Å². The van der Waals surface area contributed by atoms with Gasteiger partial charge in [-0.25, -0.2) is 0 Å². The number of hydrogen-bond acceptors (Lipinski definition) is 3. The minimum absolute atomic E-state index is 0.510. The molecule has 1 atom stereocenters. The van der Waals surface area contributed by atoms with Crippen LogP contribution in [0.1, 0.15) is 49.6 Å². The Hall–Kier alpha value is -1.87. The lowest BCUT2D eigenvalue weighted by atomic mass is 9.98. The molecule has 2 aromatic rings. The molecular formula is C17H21NO2. The van der Waals surface area contributed by atoms with Gasteiger partial charge in [-0.05, 0) is 55.2 Å². The third-order valence-electron chi connectivity index (χ3n) is 3.29. The summed E-state index contributed by atoms with van der Waals surface area (Å²) in [5.41, 5.74) is 3.20. The summed E-state index contributed by atoms with van der Waals surface area (Å²) in [5, 5.41) is 9.42. The van der Waals surface area contributed by atoms with E-state index in [0.717, 1.165) is 5.75 Å². The maximum atomic E-state index is 9.42. The van der Waals surface area contributed by atoms with Crippen molar-refractivity contribution in [1.29, 1.82) is 0 Å². The number of nitrogens with zero attached hydrogens (tertiary/aromatic N) is 1. The van der Waals surface area contributed by atoms with Gasteiger partial charge in [-0.15, -0.1) is 0 Å². The first-order valence-electron chi connectivity index (χ1n) is 6.90. The van der Waals surface area contributed by atoms with Crippen LogP contribution in [-0.4, -0.2) is 10.1 Å². The molecule has 2 rings (SSSR count). The summed E-state index contributed by atoms with van der Waals surface area (Å²) < 4.78 is 5.78. The number of aromatic nitrogens is 1. The lowest BCUT2D eigenvalue weighted by molar-refractivity contribution is 0.194. The molecule has 0 fully saturated rings. The zero-order chi connectivity index (χ0) is 14.7. The summed E-state index contributed by atoms with van der Waals surface area (Å²) in [5.74, 6) is 1.99. The quantitative estimate of drug-likeness (QED) is 0.898. The zero-order valence-corrected chi connectivity index (χ0v) is 12.4. The summed E-state index contributed by atoms with van der Waals surface area (Å²) >= 11 is 0. The zero-order valence-electron chi connectivity index (χ0n) is 12.4. The van der Waals surface area contributed by atoms with Crippen LogP contribution in [0.3, 0.4) is 0 Å². The molecule has 0 aliphatic heterocycles. The topological polar surface area (TPSA) is 42.4 Å². The predicted octanol–water partition coefficient (Wildman–Crippen LogP) is 4.36. The van der Waals surface area contributed by atoms with Crippen molar-refractivity contribution in [1.82, 2.24) is 4.98 Å². The summed E-state index contributed by atoms with van der Waals surface area (Å²) in [7, 11) is 0. The lowest BCUT2D eigenvalue weighted by Crippen LogP contribution is -1.96. The summed E-state index contributed by atoms with van der Waals surface area (Å²) in [4.78, 5) is 4.17. The lowest BCUT2D eigenvalue weighted by Gasteiger charge is -2.12. The van der Waals surface area contributed by atoms with E-state index in [0.29, 0.717) is 17.4 Å². The first-order valence-corrected chi connectivity index (χ1v) is 6.90. The Morgan fingerprint density at radius 1 is 1.05 bits per heavy atom. The second kappa shape index (κ2) is 6.06. The molecule has 0 bridgehead atoms. The molecule has 1 N–H and O–H groups in total. The molecule has 0 amide bonds. The Balaban J connectivity index is 2.15. The highest BCUT2D eigenvalue weighted by Crippen LogP contribution is 2.27. The average Bonchev–Trinajstić information content (AvgIpc) is 2.39. The molecule has 1 aromatic carbocycles. The van der Waals surface area contributed by atoms with E-state index in [4.69, 9.17) is 4.74 Å². The van der Waals surface area contributed by atoms with Gasteiger partial charge in [0.2, 0.25) is 0 Å². The molecular weight excluding hydrogens is 250 g/mol. The highest BCUT2D eigenvalue weighted by Gasteiger charge is 2.06. The molecule has 0 saturated heterocycles. The molecule has 0 radical (unpaired) electrons. The van der Waals surface area contributed by atoms with E-state index >= 15 is 0 Å². The largest absolute Gasteiger partial charge is 0.456 e. The van der Waals surface area contributed by atoms with Crippen molar-refractivity contribution in [3.8, 4) is 11.5 Å². The van der Waals surface area contributed by atoms with Crippen molar-refractivity contribution >= 4 is 0 Å². The van der Waals surface area contributed by atoms with Crippen LogP contribution in [0.4, 0.5) is 0 Å². The van der Waals surface area contributed by atoms with Crippen LogP contribution in [0.2, 0.25) is 0 Å². The van der Waals surface area contributed by atoms with Crippen molar-refractivity contribution in [2.45, 2.75) is 39.7 Å². The fourth-order valence-electron chi connectivity index (χ4n) is 2.19. The number of aliphatic hydroxyl groups is 1. The van der Waals surface area contributed by atoms with Crippen LogP contribution in [0.25, 0.3) is 0 Å². The van der Waals surface area contributed by atoms with Crippen molar-refractivity contribution < 1.29 is 9.84 Å². The number of rotatable bonds is 4. The standard InChI is InChI=1S/C17H21NO2/c1-11(2)16-7-5-14(9-12(16)3)20-15-6-8-17(13(4)19)18-10-15/h5-11,13,19H,1-4H3. The first-order chi connectivity index (χ1) is 9.47. The van der Waals surface area contributed by atoms with Gasteiger partial charge in [0.25, 0.3) is 0 Å². The van der Waals surface area contributed by atoms with Crippen LogP contribution in [-0.2, 0) is 0 Å². The number of pyridine rings is 1. The molecule has 106 valence electrons. The summed E-state index contributed by atoms with van der Waals surface area (Å²) in [6.45, 7) is 8.15. The van der Waals surface area contributed by atoms with Gasteiger partial charge >= 0.3 is 0 Å². The Kier molecular flexibility index (Phi) is 4.40. The minimum Gasteiger partial charge on any atom is -0.456 e. The Bertz CT molecular complexity index is 574. The first kappa shape index (κ1) is 14.5. The Morgan fingerprint density at radius 3 is 2.25 bits per heavy atom. The van der Waals surface area contributed by atoms with Gasteiger partial charge in [-0.3, -0.25) is 4.98 Å². The Labute approximate surface area is 120 Å². The second-order valence-corrected chi connectivity index (χ2v) is 5.37. The molecule has 3 nitrogen and oxygen atoms in total. The molecule has 0 spiro atoms. The van der Waals surface area contributed by atoms with Crippen LogP contribution < -0.4 is 4.74 Å². The maximum absolute atomic E-state index is 9.42. The molecule has 1 unspecified atom stereocenters. The number of aryl methyl sites for hydroxylation is 1. The van der Waals surface area contributed by atoms with Crippen molar-refractivity contribution in [2.24, 2.45) is 0 Å². The van der Waals surface area contributed by atoms with E-state index in [9.17, 15) is 5.11 Å². The van der Waals surface area contributed by atoms with Crippen LogP contribution >= 0.6 is 0 Å². The Morgan fingerprint density at radius 2 is 1.75 bits per heavy atom.